The highest BCUT2D eigenvalue weighted by Crippen LogP contribution is 2.27. The number of amides is 1. The van der Waals surface area contributed by atoms with Gasteiger partial charge in [0.1, 0.15) is 11.5 Å². The molecule has 1 N–H and O–H groups in total. The van der Waals surface area contributed by atoms with Gasteiger partial charge >= 0.3 is 0 Å². The number of carbonyl (C=O) groups excluding carboxylic acids is 1. The van der Waals surface area contributed by atoms with Crippen molar-refractivity contribution in [3.63, 3.8) is 0 Å². The zero-order valence-corrected chi connectivity index (χ0v) is 13.7. The van der Waals surface area contributed by atoms with Gasteiger partial charge in [-0.15, -0.1) is 0 Å². The number of hydrazone groups is 1. The van der Waals surface area contributed by atoms with Crippen LogP contribution in [-0.2, 0) is 4.79 Å². The maximum atomic E-state index is 11.6. The molecule has 0 spiro atoms. The van der Waals surface area contributed by atoms with Crippen LogP contribution in [-0.4, -0.2) is 18.7 Å². The minimum atomic E-state index is -0.371. The first-order chi connectivity index (χ1) is 10.6. The summed E-state index contributed by atoms with van der Waals surface area (Å²) in [6, 6.07) is 8.63. The normalized spacial score (nSPS) is 11.2. The van der Waals surface area contributed by atoms with Crippen molar-refractivity contribution in [3.8, 4) is 5.75 Å². The molecular weight excluding hydrogens is 372 g/mol. The zero-order chi connectivity index (χ0) is 15.8. The topological polar surface area (TPSA) is 63.8 Å². The number of hydrogen-bond acceptors (Lipinski definition) is 4. The van der Waals surface area contributed by atoms with Gasteiger partial charge in [0, 0.05) is 11.2 Å². The minimum Gasteiger partial charge on any atom is -0.483 e. The Bertz CT molecular complexity index is 684. The summed E-state index contributed by atoms with van der Waals surface area (Å²) in [7, 11) is 0. The molecule has 0 atom stereocenters. The molecule has 0 unspecified atom stereocenters. The summed E-state index contributed by atoms with van der Waals surface area (Å²) >= 11 is 9.12. The third-order valence-electron chi connectivity index (χ3n) is 2.41. The minimum absolute atomic E-state index is 0.153. The molecule has 1 amide bonds. The van der Waals surface area contributed by atoms with Crippen LogP contribution in [0.25, 0.3) is 6.08 Å². The van der Waals surface area contributed by atoms with E-state index in [-0.39, 0.29) is 12.5 Å². The summed E-state index contributed by atoms with van der Waals surface area (Å²) in [5.74, 6) is 0.861. The molecule has 22 heavy (non-hydrogen) atoms. The molecule has 5 nitrogen and oxygen atoms in total. The van der Waals surface area contributed by atoms with E-state index in [1.807, 2.05) is 0 Å². The van der Waals surface area contributed by atoms with Crippen molar-refractivity contribution in [1.29, 1.82) is 0 Å². The van der Waals surface area contributed by atoms with Crippen LogP contribution in [0.15, 0.2) is 56.7 Å². The average Bonchev–Trinajstić information content (AvgIpc) is 2.99. The van der Waals surface area contributed by atoms with E-state index in [1.54, 1.807) is 48.7 Å². The molecule has 7 heteroatoms. The second-order valence-corrected chi connectivity index (χ2v) is 5.34. The van der Waals surface area contributed by atoms with Gasteiger partial charge in [0.2, 0.25) is 0 Å². The molecule has 2 aromatic rings. The van der Waals surface area contributed by atoms with Crippen LogP contribution in [0.3, 0.4) is 0 Å². The van der Waals surface area contributed by atoms with Gasteiger partial charge in [-0.1, -0.05) is 11.6 Å². The first-order valence-electron chi connectivity index (χ1n) is 6.25. The number of nitrogens with one attached hydrogen (secondary N) is 1. The lowest BCUT2D eigenvalue weighted by atomic mass is 10.3. The van der Waals surface area contributed by atoms with Crippen LogP contribution in [0.4, 0.5) is 0 Å². The molecular formula is C15H12BrClN2O3. The van der Waals surface area contributed by atoms with E-state index in [0.717, 1.165) is 0 Å². The SMILES string of the molecule is O=C(COc1ccc(Cl)cc1Br)NN=CC=Cc1ccco1. The Balaban J connectivity index is 1.73. The van der Waals surface area contributed by atoms with Gasteiger partial charge in [0.25, 0.3) is 5.91 Å². The molecule has 0 radical (unpaired) electrons. The van der Waals surface area contributed by atoms with Crippen molar-refractivity contribution in [2.24, 2.45) is 5.10 Å². The molecule has 1 heterocycles. The van der Waals surface area contributed by atoms with Crippen molar-refractivity contribution in [1.82, 2.24) is 5.43 Å². The predicted molar refractivity (Wildman–Crippen MR) is 89.0 cm³/mol. The summed E-state index contributed by atoms with van der Waals surface area (Å²) in [6.07, 6.45) is 6.39. The lowest BCUT2D eigenvalue weighted by molar-refractivity contribution is -0.123. The summed E-state index contributed by atoms with van der Waals surface area (Å²) in [4.78, 5) is 11.6. The Labute approximate surface area is 140 Å². The molecule has 0 aliphatic heterocycles. The van der Waals surface area contributed by atoms with Crippen molar-refractivity contribution >= 4 is 45.7 Å². The first kappa shape index (κ1) is 16.3. The van der Waals surface area contributed by atoms with E-state index in [1.165, 1.54) is 6.21 Å². The number of nitrogens with zero attached hydrogens (tertiary/aromatic N) is 1. The Kier molecular flexibility index (Phi) is 6.24. The molecule has 0 saturated heterocycles. The monoisotopic (exact) mass is 382 g/mol. The number of rotatable bonds is 6. The van der Waals surface area contributed by atoms with Crippen LogP contribution in [0.1, 0.15) is 5.76 Å². The van der Waals surface area contributed by atoms with E-state index in [9.17, 15) is 4.79 Å². The number of ether oxygens (including phenoxy) is 1. The van der Waals surface area contributed by atoms with Crippen molar-refractivity contribution in [2.75, 3.05) is 6.61 Å². The molecule has 1 aromatic carbocycles. The standard InChI is InChI=1S/C15H12BrClN2O3/c16-13-9-11(17)5-6-14(13)22-10-15(20)19-18-7-1-3-12-4-2-8-21-12/h1-9H,10H2,(H,19,20). The fourth-order valence-electron chi connectivity index (χ4n) is 1.44. The Morgan fingerprint density at radius 3 is 3.05 bits per heavy atom. The largest absolute Gasteiger partial charge is 0.483 e. The van der Waals surface area contributed by atoms with Crippen LogP contribution in [0, 0.1) is 0 Å². The number of benzene rings is 1. The molecule has 1 aromatic heterocycles. The van der Waals surface area contributed by atoms with Gasteiger partial charge in [-0.05, 0) is 58.4 Å². The molecule has 0 saturated carbocycles. The zero-order valence-electron chi connectivity index (χ0n) is 11.3. The fraction of sp³-hybridized carbons (Fsp3) is 0.0667. The van der Waals surface area contributed by atoms with Crippen LogP contribution in [0.5, 0.6) is 5.75 Å². The molecule has 114 valence electrons. The van der Waals surface area contributed by atoms with Gasteiger partial charge in [-0.3, -0.25) is 4.79 Å². The molecule has 0 fully saturated rings. The lowest BCUT2D eigenvalue weighted by Gasteiger charge is -2.07. The molecule has 2 rings (SSSR count). The van der Waals surface area contributed by atoms with E-state index in [0.29, 0.717) is 21.0 Å². The van der Waals surface area contributed by atoms with Gasteiger partial charge < -0.3 is 9.15 Å². The van der Waals surface area contributed by atoms with Crippen molar-refractivity contribution < 1.29 is 13.9 Å². The Morgan fingerprint density at radius 2 is 2.32 bits per heavy atom. The predicted octanol–water partition coefficient (Wildman–Crippen LogP) is 3.89. The van der Waals surface area contributed by atoms with Crippen LogP contribution >= 0.6 is 27.5 Å². The maximum absolute atomic E-state index is 11.6. The quantitative estimate of drug-likeness (QED) is 0.608. The highest BCUT2D eigenvalue weighted by molar-refractivity contribution is 9.10. The maximum Gasteiger partial charge on any atom is 0.277 e. The smallest absolute Gasteiger partial charge is 0.277 e. The highest BCUT2D eigenvalue weighted by Gasteiger charge is 2.05. The van der Waals surface area contributed by atoms with E-state index >= 15 is 0 Å². The second-order valence-electron chi connectivity index (χ2n) is 4.05. The number of carbonyl (C=O) groups is 1. The summed E-state index contributed by atoms with van der Waals surface area (Å²) < 4.78 is 11.1. The second kappa shape index (κ2) is 8.41. The summed E-state index contributed by atoms with van der Waals surface area (Å²) in [5, 5.41) is 4.33. The van der Waals surface area contributed by atoms with Gasteiger partial charge in [-0.2, -0.15) is 5.10 Å². The molecule has 0 aliphatic carbocycles. The lowest BCUT2D eigenvalue weighted by Crippen LogP contribution is -2.24. The molecule has 0 bridgehead atoms. The van der Waals surface area contributed by atoms with Crippen LogP contribution < -0.4 is 10.2 Å². The van der Waals surface area contributed by atoms with Crippen LogP contribution in [0.2, 0.25) is 5.02 Å². The fourth-order valence-corrected chi connectivity index (χ4v) is 2.24. The number of furan rings is 1. The summed E-state index contributed by atoms with van der Waals surface area (Å²) in [6.45, 7) is -0.153. The first-order valence-corrected chi connectivity index (χ1v) is 7.42. The summed E-state index contributed by atoms with van der Waals surface area (Å²) in [5.41, 5.74) is 2.35. The van der Waals surface area contributed by atoms with Gasteiger partial charge in [0.15, 0.2) is 6.61 Å². The van der Waals surface area contributed by atoms with E-state index in [4.69, 9.17) is 20.8 Å². The Hall–Kier alpha value is -2.05. The van der Waals surface area contributed by atoms with Crippen molar-refractivity contribution in [2.45, 2.75) is 0 Å². The third kappa shape index (κ3) is 5.38. The van der Waals surface area contributed by atoms with Gasteiger partial charge in [0.05, 0.1) is 10.7 Å². The third-order valence-corrected chi connectivity index (χ3v) is 3.26. The highest BCUT2D eigenvalue weighted by atomic mass is 79.9. The molecule has 0 aliphatic rings. The van der Waals surface area contributed by atoms with Crippen molar-refractivity contribution in [3.05, 3.63) is 57.9 Å². The average molecular weight is 384 g/mol. The van der Waals surface area contributed by atoms with E-state index < -0.39 is 0 Å². The number of halogens is 2. The Morgan fingerprint density at radius 1 is 1.45 bits per heavy atom. The van der Waals surface area contributed by atoms with E-state index in [2.05, 4.69) is 26.5 Å². The van der Waals surface area contributed by atoms with Gasteiger partial charge in [-0.25, -0.2) is 5.43 Å². The number of hydrogen-bond donors (Lipinski definition) is 1. The number of allylic oxidation sites excluding steroid dienone is 1.